The number of thiazole rings is 1. The average Bonchev–Trinajstić information content (AvgIpc) is 3.24. The minimum absolute atomic E-state index is 0.119. The van der Waals surface area contributed by atoms with Crippen LogP contribution in [0.15, 0.2) is 72.8 Å². The standard InChI is InChI=1S/C24H20N2O4S/c1-2-28-18-11-5-4-10-17(18)26(24-25-16-9-3-8-14-22(16)31-24)23(27)21-15-29-19-12-6-7-13-20(19)30-21/h3-14,21H,2,15H2,1H3/t21-/m0/s1. The number of rotatable bonds is 5. The number of carbonyl (C=O) groups is 1. The van der Waals surface area contributed by atoms with Gasteiger partial charge < -0.3 is 14.2 Å². The molecule has 31 heavy (non-hydrogen) atoms. The molecule has 0 N–H and O–H groups in total. The molecule has 1 aliphatic rings. The molecule has 1 aliphatic heterocycles. The molecule has 4 aromatic rings. The Balaban J connectivity index is 1.58. The van der Waals surface area contributed by atoms with E-state index in [4.69, 9.17) is 19.2 Å². The first-order chi connectivity index (χ1) is 15.2. The van der Waals surface area contributed by atoms with Crippen molar-refractivity contribution in [2.24, 2.45) is 0 Å². The van der Waals surface area contributed by atoms with E-state index in [0.29, 0.717) is 34.7 Å². The molecule has 3 aromatic carbocycles. The zero-order valence-corrected chi connectivity index (χ0v) is 17.7. The maximum absolute atomic E-state index is 13.8. The fourth-order valence-corrected chi connectivity index (χ4v) is 4.46. The van der Waals surface area contributed by atoms with Crippen molar-refractivity contribution in [3.8, 4) is 17.2 Å². The summed E-state index contributed by atoms with van der Waals surface area (Å²) >= 11 is 1.45. The van der Waals surface area contributed by atoms with Gasteiger partial charge in [0.2, 0.25) is 6.10 Å². The largest absolute Gasteiger partial charge is 0.492 e. The molecule has 7 heteroatoms. The third-order valence-corrected chi connectivity index (χ3v) is 5.91. The van der Waals surface area contributed by atoms with Crippen LogP contribution in [0.4, 0.5) is 10.8 Å². The Kier molecular flexibility index (Phi) is 5.18. The van der Waals surface area contributed by atoms with E-state index in [9.17, 15) is 4.79 Å². The van der Waals surface area contributed by atoms with Crippen molar-refractivity contribution in [2.45, 2.75) is 13.0 Å². The molecule has 0 bridgehead atoms. The number of carbonyl (C=O) groups excluding carboxylic acids is 1. The zero-order chi connectivity index (χ0) is 21.2. The summed E-state index contributed by atoms with van der Waals surface area (Å²) in [5, 5.41) is 0.556. The Morgan fingerprint density at radius 1 is 1.06 bits per heavy atom. The molecule has 0 fully saturated rings. The van der Waals surface area contributed by atoms with Crippen molar-refractivity contribution in [3.05, 3.63) is 72.8 Å². The van der Waals surface area contributed by atoms with Gasteiger partial charge in [-0.1, -0.05) is 47.7 Å². The lowest BCUT2D eigenvalue weighted by Crippen LogP contribution is -2.44. The van der Waals surface area contributed by atoms with Crippen molar-refractivity contribution < 1.29 is 19.0 Å². The number of amides is 1. The molecule has 0 unspecified atom stereocenters. The normalized spacial score (nSPS) is 14.9. The fourth-order valence-electron chi connectivity index (χ4n) is 3.48. The lowest BCUT2D eigenvalue weighted by molar-refractivity contribution is -0.126. The summed E-state index contributed by atoms with van der Waals surface area (Å²) < 4.78 is 18.6. The van der Waals surface area contributed by atoms with Gasteiger partial charge in [0.15, 0.2) is 16.6 Å². The summed E-state index contributed by atoms with van der Waals surface area (Å²) in [7, 11) is 0. The van der Waals surface area contributed by atoms with E-state index in [-0.39, 0.29) is 12.5 Å². The van der Waals surface area contributed by atoms with E-state index in [1.54, 1.807) is 11.0 Å². The van der Waals surface area contributed by atoms with Gasteiger partial charge in [0.05, 0.1) is 22.5 Å². The first kappa shape index (κ1) is 19.4. The number of anilines is 2. The number of hydrogen-bond acceptors (Lipinski definition) is 6. The first-order valence-corrected chi connectivity index (χ1v) is 10.9. The molecule has 2 heterocycles. The van der Waals surface area contributed by atoms with E-state index >= 15 is 0 Å². The van der Waals surface area contributed by atoms with Gasteiger partial charge in [-0.15, -0.1) is 0 Å². The highest BCUT2D eigenvalue weighted by Crippen LogP contribution is 2.40. The lowest BCUT2D eigenvalue weighted by Gasteiger charge is -2.30. The monoisotopic (exact) mass is 432 g/mol. The second-order valence-electron chi connectivity index (χ2n) is 6.90. The highest BCUT2D eigenvalue weighted by atomic mass is 32.1. The highest BCUT2D eigenvalue weighted by Gasteiger charge is 2.35. The molecular formula is C24H20N2O4S. The van der Waals surface area contributed by atoms with E-state index in [1.165, 1.54) is 11.3 Å². The second-order valence-corrected chi connectivity index (χ2v) is 7.91. The number of hydrogen-bond donors (Lipinski definition) is 0. The van der Waals surface area contributed by atoms with Gasteiger partial charge in [-0.2, -0.15) is 0 Å². The third-order valence-electron chi connectivity index (χ3n) is 4.88. The quantitative estimate of drug-likeness (QED) is 0.434. The van der Waals surface area contributed by atoms with Crippen molar-refractivity contribution in [1.82, 2.24) is 4.98 Å². The SMILES string of the molecule is CCOc1ccccc1N(C(=O)[C@@H]1COc2ccccc2O1)c1nc2ccccc2s1. The highest BCUT2D eigenvalue weighted by molar-refractivity contribution is 7.22. The van der Waals surface area contributed by atoms with Gasteiger partial charge in [-0.3, -0.25) is 4.79 Å². The number of benzene rings is 3. The number of fused-ring (bicyclic) bond motifs is 2. The van der Waals surface area contributed by atoms with E-state index in [1.807, 2.05) is 73.7 Å². The maximum Gasteiger partial charge on any atom is 0.278 e. The third kappa shape index (κ3) is 3.68. The van der Waals surface area contributed by atoms with Gasteiger partial charge in [-0.05, 0) is 43.3 Å². The molecule has 5 rings (SSSR count). The van der Waals surface area contributed by atoms with Crippen LogP contribution in [0.1, 0.15) is 6.92 Å². The summed E-state index contributed by atoms with van der Waals surface area (Å²) in [5.41, 5.74) is 1.45. The van der Waals surface area contributed by atoms with Crippen LogP contribution in [0.3, 0.4) is 0 Å². The van der Waals surface area contributed by atoms with Gasteiger partial charge in [-0.25, -0.2) is 9.88 Å². The Labute approximate surface area is 183 Å². The summed E-state index contributed by atoms with van der Waals surface area (Å²) in [5.74, 6) is 1.53. The Morgan fingerprint density at radius 2 is 1.81 bits per heavy atom. The zero-order valence-electron chi connectivity index (χ0n) is 16.9. The summed E-state index contributed by atoms with van der Waals surface area (Å²) in [4.78, 5) is 20.1. The van der Waals surface area contributed by atoms with Crippen LogP contribution in [0.25, 0.3) is 10.2 Å². The average molecular weight is 433 g/mol. The number of nitrogens with zero attached hydrogens (tertiary/aromatic N) is 2. The fraction of sp³-hybridized carbons (Fsp3) is 0.167. The van der Waals surface area contributed by atoms with Crippen LogP contribution in [0.5, 0.6) is 17.2 Å². The number of ether oxygens (including phenoxy) is 3. The molecular weight excluding hydrogens is 412 g/mol. The molecule has 0 saturated carbocycles. The van der Waals surface area contributed by atoms with Crippen LogP contribution in [-0.2, 0) is 4.79 Å². The topological polar surface area (TPSA) is 60.9 Å². The van der Waals surface area contributed by atoms with E-state index < -0.39 is 6.10 Å². The molecule has 1 atom stereocenters. The van der Waals surface area contributed by atoms with Crippen molar-refractivity contribution in [1.29, 1.82) is 0 Å². The van der Waals surface area contributed by atoms with Crippen LogP contribution < -0.4 is 19.1 Å². The number of aromatic nitrogens is 1. The predicted molar refractivity (Wildman–Crippen MR) is 121 cm³/mol. The van der Waals surface area contributed by atoms with Crippen LogP contribution in [0, 0.1) is 0 Å². The molecule has 6 nitrogen and oxygen atoms in total. The van der Waals surface area contributed by atoms with Gasteiger partial charge in [0.25, 0.3) is 5.91 Å². The molecule has 156 valence electrons. The van der Waals surface area contributed by atoms with Gasteiger partial charge in [0, 0.05) is 0 Å². The lowest BCUT2D eigenvalue weighted by atomic mass is 10.2. The van der Waals surface area contributed by atoms with Crippen molar-refractivity contribution in [2.75, 3.05) is 18.1 Å². The van der Waals surface area contributed by atoms with Gasteiger partial charge in [0.1, 0.15) is 12.4 Å². The number of para-hydroxylation sites is 5. The molecule has 0 radical (unpaired) electrons. The maximum atomic E-state index is 13.8. The smallest absolute Gasteiger partial charge is 0.278 e. The van der Waals surface area contributed by atoms with Crippen LogP contribution in [0.2, 0.25) is 0 Å². The van der Waals surface area contributed by atoms with E-state index in [0.717, 1.165) is 10.2 Å². The molecule has 0 spiro atoms. The van der Waals surface area contributed by atoms with Crippen molar-refractivity contribution >= 4 is 38.3 Å². The molecule has 0 saturated heterocycles. The Bertz CT molecular complexity index is 1210. The molecule has 0 aliphatic carbocycles. The molecule has 1 amide bonds. The Morgan fingerprint density at radius 3 is 2.65 bits per heavy atom. The second kappa shape index (κ2) is 8.28. The Hall–Kier alpha value is -3.58. The van der Waals surface area contributed by atoms with Crippen LogP contribution in [-0.4, -0.2) is 30.2 Å². The summed E-state index contributed by atoms with van der Waals surface area (Å²) in [6, 6.07) is 22.6. The first-order valence-electron chi connectivity index (χ1n) is 10.0. The predicted octanol–water partition coefficient (Wildman–Crippen LogP) is 5.20. The minimum atomic E-state index is -0.809. The van der Waals surface area contributed by atoms with E-state index in [2.05, 4.69) is 0 Å². The van der Waals surface area contributed by atoms with Crippen molar-refractivity contribution in [3.63, 3.8) is 0 Å². The summed E-state index contributed by atoms with van der Waals surface area (Å²) in [6.45, 7) is 2.51. The van der Waals surface area contributed by atoms with Gasteiger partial charge >= 0.3 is 0 Å². The minimum Gasteiger partial charge on any atom is -0.492 e. The molecule has 1 aromatic heterocycles. The van der Waals surface area contributed by atoms with Crippen LogP contribution >= 0.6 is 11.3 Å². The summed E-state index contributed by atoms with van der Waals surface area (Å²) in [6.07, 6.45) is -0.809.